The lowest BCUT2D eigenvalue weighted by Gasteiger charge is -2.36. The molecular formula is C52H45N3O4. The smallest absolute Gasteiger partial charge is 0.199 e. The highest BCUT2D eigenvalue weighted by atomic mass is 16.5. The number of allylic oxidation sites excluding steroid dienone is 7. The summed E-state index contributed by atoms with van der Waals surface area (Å²) in [4.78, 5) is 7.95. The summed E-state index contributed by atoms with van der Waals surface area (Å²) < 4.78 is 23.2. The fourth-order valence-electron chi connectivity index (χ4n) is 8.37. The predicted molar refractivity (Wildman–Crippen MR) is 239 cm³/mol. The van der Waals surface area contributed by atoms with Crippen LogP contribution in [-0.2, 0) is 6.54 Å². The SMILES string of the molecule is COc1cc(OC)cc(C(NC2=NCc3c(-c4ccccc4)cc4ccccc4c3C3=C4CN2C(=CC=CC=C3)C=C4c2ccccc2)c2cc(OC)cc(OC)c2)c1. The molecule has 0 aromatic heterocycles. The van der Waals surface area contributed by atoms with Crippen LogP contribution in [0.4, 0.5) is 0 Å². The van der Waals surface area contributed by atoms with Crippen LogP contribution in [0, 0.1) is 0 Å². The van der Waals surface area contributed by atoms with E-state index in [4.69, 9.17) is 23.9 Å². The molecule has 3 aliphatic rings. The maximum Gasteiger partial charge on any atom is 0.199 e. The van der Waals surface area contributed by atoms with Crippen LogP contribution in [0.2, 0.25) is 0 Å². The molecule has 3 aliphatic heterocycles. The van der Waals surface area contributed by atoms with Crippen molar-refractivity contribution < 1.29 is 18.9 Å². The average Bonchev–Trinajstić information content (AvgIpc) is 3.36. The topological polar surface area (TPSA) is 64.6 Å². The summed E-state index contributed by atoms with van der Waals surface area (Å²) in [7, 11) is 6.68. The molecule has 292 valence electrons. The van der Waals surface area contributed by atoms with Crippen molar-refractivity contribution in [2.24, 2.45) is 4.99 Å². The highest BCUT2D eigenvalue weighted by Gasteiger charge is 2.32. The van der Waals surface area contributed by atoms with Gasteiger partial charge >= 0.3 is 0 Å². The second kappa shape index (κ2) is 16.3. The molecule has 3 heterocycles. The zero-order valence-electron chi connectivity index (χ0n) is 33.6. The van der Waals surface area contributed by atoms with Crippen LogP contribution in [0.3, 0.4) is 0 Å². The van der Waals surface area contributed by atoms with Gasteiger partial charge in [0.1, 0.15) is 23.0 Å². The number of hydrogen-bond acceptors (Lipinski definition) is 7. The number of guanidine groups is 1. The van der Waals surface area contributed by atoms with Crippen LogP contribution in [0.25, 0.3) is 33.0 Å². The van der Waals surface area contributed by atoms with E-state index in [9.17, 15) is 0 Å². The first kappa shape index (κ1) is 37.3. The summed E-state index contributed by atoms with van der Waals surface area (Å²) >= 11 is 0. The number of hydrogen-bond donors (Lipinski definition) is 1. The van der Waals surface area contributed by atoms with Gasteiger partial charge in [0.15, 0.2) is 5.96 Å². The number of fused-ring (bicyclic) bond motifs is 4. The molecule has 7 nitrogen and oxygen atoms in total. The summed E-state index contributed by atoms with van der Waals surface area (Å²) in [5, 5.41) is 6.35. The first-order valence-electron chi connectivity index (χ1n) is 19.8. The van der Waals surface area contributed by atoms with Gasteiger partial charge < -0.3 is 29.2 Å². The van der Waals surface area contributed by atoms with Gasteiger partial charge in [0.05, 0.1) is 47.6 Å². The van der Waals surface area contributed by atoms with Crippen LogP contribution in [-0.4, -0.2) is 45.8 Å². The lowest BCUT2D eigenvalue weighted by molar-refractivity contribution is 0.391. The fourth-order valence-corrected chi connectivity index (χ4v) is 8.37. The van der Waals surface area contributed by atoms with E-state index in [0.29, 0.717) is 42.0 Å². The second-order valence-corrected chi connectivity index (χ2v) is 14.6. The van der Waals surface area contributed by atoms with Crippen molar-refractivity contribution in [2.45, 2.75) is 12.6 Å². The van der Waals surface area contributed by atoms with Crippen LogP contribution >= 0.6 is 0 Å². The monoisotopic (exact) mass is 775 g/mol. The van der Waals surface area contributed by atoms with E-state index in [0.717, 1.165) is 39.1 Å². The number of rotatable bonds is 9. The number of aliphatic imine (C=N–C) groups is 1. The third-order valence-electron chi connectivity index (χ3n) is 11.2. The first-order chi connectivity index (χ1) is 29.0. The Balaban J connectivity index is 1.35. The summed E-state index contributed by atoms with van der Waals surface area (Å²) in [5.74, 6) is 3.41. The van der Waals surface area contributed by atoms with Crippen LogP contribution in [0.1, 0.15) is 33.9 Å². The Bertz CT molecular complexity index is 2640. The van der Waals surface area contributed by atoms with E-state index in [2.05, 4.69) is 138 Å². The van der Waals surface area contributed by atoms with E-state index < -0.39 is 6.04 Å². The number of nitrogens with zero attached hydrogens (tertiary/aromatic N) is 2. The maximum atomic E-state index is 5.81. The first-order valence-corrected chi connectivity index (χ1v) is 19.8. The minimum Gasteiger partial charge on any atom is -0.497 e. The van der Waals surface area contributed by atoms with Crippen molar-refractivity contribution >= 4 is 27.9 Å². The second-order valence-electron chi connectivity index (χ2n) is 14.6. The molecule has 0 unspecified atom stereocenters. The van der Waals surface area contributed by atoms with Gasteiger partial charge in [-0.15, -0.1) is 0 Å². The van der Waals surface area contributed by atoms with E-state index in [1.54, 1.807) is 28.4 Å². The van der Waals surface area contributed by atoms with Crippen molar-refractivity contribution in [1.82, 2.24) is 10.2 Å². The molecule has 0 amide bonds. The molecule has 0 atom stereocenters. The lowest BCUT2D eigenvalue weighted by Crippen LogP contribution is -2.44. The van der Waals surface area contributed by atoms with Crippen molar-refractivity contribution in [1.29, 1.82) is 0 Å². The zero-order chi connectivity index (χ0) is 40.3. The Morgan fingerprint density at radius 3 is 1.85 bits per heavy atom. The predicted octanol–water partition coefficient (Wildman–Crippen LogP) is 11.0. The van der Waals surface area contributed by atoms with E-state index in [-0.39, 0.29) is 0 Å². The van der Waals surface area contributed by atoms with Gasteiger partial charge in [-0.25, -0.2) is 4.99 Å². The summed E-state index contributed by atoms with van der Waals surface area (Å²) in [6.07, 6.45) is 13.2. The van der Waals surface area contributed by atoms with E-state index in [1.807, 2.05) is 36.4 Å². The molecule has 1 N–H and O–H groups in total. The maximum absolute atomic E-state index is 5.81. The molecule has 0 radical (unpaired) electrons. The van der Waals surface area contributed by atoms with Gasteiger partial charge in [0, 0.05) is 17.8 Å². The van der Waals surface area contributed by atoms with Gasteiger partial charge in [0.2, 0.25) is 0 Å². The molecule has 9 rings (SSSR count). The summed E-state index contributed by atoms with van der Waals surface area (Å²) in [5.41, 5.74) is 12.2. The molecule has 0 fully saturated rings. The number of nitrogens with one attached hydrogen (secondary N) is 1. The molecule has 6 aromatic rings. The van der Waals surface area contributed by atoms with Gasteiger partial charge in [-0.3, -0.25) is 0 Å². The average molecular weight is 776 g/mol. The third kappa shape index (κ3) is 7.28. The fraction of sp³-hybridized carbons (Fsp3) is 0.135. The molecule has 7 heteroatoms. The molecule has 0 saturated carbocycles. The molecule has 0 aliphatic carbocycles. The van der Waals surface area contributed by atoms with Crippen molar-refractivity contribution in [3.8, 4) is 34.1 Å². The van der Waals surface area contributed by atoms with Crippen LogP contribution in [0.15, 0.2) is 180 Å². The molecule has 0 spiro atoms. The number of benzene rings is 6. The number of methoxy groups -OCH3 is 4. The third-order valence-corrected chi connectivity index (χ3v) is 11.2. The molecule has 6 aromatic carbocycles. The van der Waals surface area contributed by atoms with Gasteiger partial charge in [-0.05, 0) is 109 Å². The Morgan fingerprint density at radius 2 is 1.22 bits per heavy atom. The lowest BCUT2D eigenvalue weighted by atomic mass is 9.81. The Morgan fingerprint density at radius 1 is 0.627 bits per heavy atom. The zero-order valence-corrected chi connectivity index (χ0v) is 33.6. The minimum atomic E-state index is -0.442. The largest absolute Gasteiger partial charge is 0.497 e. The Labute approximate surface area is 345 Å². The molecule has 59 heavy (non-hydrogen) atoms. The number of ether oxygens (including phenoxy) is 4. The summed E-state index contributed by atoms with van der Waals surface area (Å²) in [6.45, 7) is 0.968. The van der Waals surface area contributed by atoms with Gasteiger partial charge in [-0.2, -0.15) is 0 Å². The Hall–Kier alpha value is -7.25. The summed E-state index contributed by atoms with van der Waals surface area (Å²) in [6, 6.07) is 43.9. The minimum absolute atomic E-state index is 0.408. The highest BCUT2D eigenvalue weighted by molar-refractivity contribution is 6.06. The van der Waals surface area contributed by atoms with Crippen LogP contribution in [0.5, 0.6) is 23.0 Å². The van der Waals surface area contributed by atoms with E-state index in [1.165, 1.54) is 33.1 Å². The van der Waals surface area contributed by atoms with Crippen molar-refractivity contribution in [2.75, 3.05) is 35.0 Å². The van der Waals surface area contributed by atoms with E-state index >= 15 is 0 Å². The quantitative estimate of drug-likeness (QED) is 0.158. The van der Waals surface area contributed by atoms with Gasteiger partial charge in [0.25, 0.3) is 0 Å². The van der Waals surface area contributed by atoms with Crippen LogP contribution < -0.4 is 24.3 Å². The highest BCUT2D eigenvalue weighted by Crippen LogP contribution is 2.45. The molecule has 4 bridgehead atoms. The Kier molecular flexibility index (Phi) is 10.3. The van der Waals surface area contributed by atoms with Crippen molar-refractivity contribution in [3.05, 3.63) is 203 Å². The standard InChI is InChI=1S/C52H45N3O4/c1-56-40-24-37(25-41(30-40)57-2)51(38-26-42(58-3)31-43(27-38)59-4)54-52-53-32-48-46(34-16-8-5-9-17-34)28-36-20-14-15-22-44(36)50(48)45-23-13-7-12-21-39-29-47(49(45)33-55(39)52)35-18-10-6-11-19-35/h5-31,51H,32-33H2,1-4H3,(H,53,54). The van der Waals surface area contributed by atoms with Crippen molar-refractivity contribution in [3.63, 3.8) is 0 Å². The molecule has 0 saturated heterocycles. The van der Waals surface area contributed by atoms with Gasteiger partial charge in [-0.1, -0.05) is 109 Å². The molecular weight excluding hydrogens is 731 g/mol. The normalized spacial score (nSPS) is 14.5.